The van der Waals surface area contributed by atoms with Gasteiger partial charge in [-0.15, -0.1) is 0 Å². The largest absolute Gasteiger partial charge is 0.497 e. The quantitative estimate of drug-likeness (QED) is 0.660. The smallest absolute Gasteiger partial charge is 0.119 e. The Labute approximate surface area is 165 Å². The van der Waals surface area contributed by atoms with E-state index in [0.29, 0.717) is 0 Å². The highest BCUT2D eigenvalue weighted by molar-refractivity contribution is 5.58. The maximum atomic E-state index is 5.28. The summed E-state index contributed by atoms with van der Waals surface area (Å²) >= 11 is 0. The lowest BCUT2D eigenvalue weighted by Gasteiger charge is -2.18. The molecular formula is C24H24N2O2. The summed E-state index contributed by atoms with van der Waals surface area (Å²) in [6.45, 7) is 3.88. The van der Waals surface area contributed by atoms with Crippen molar-refractivity contribution in [1.29, 1.82) is 0 Å². The molecule has 4 heteroatoms. The third-order valence-corrected chi connectivity index (χ3v) is 5.84. The van der Waals surface area contributed by atoms with E-state index in [4.69, 9.17) is 9.47 Å². The Kier molecular flexibility index (Phi) is 4.12. The van der Waals surface area contributed by atoms with Crippen molar-refractivity contribution in [2.45, 2.75) is 26.2 Å². The van der Waals surface area contributed by atoms with Gasteiger partial charge in [0.1, 0.15) is 11.5 Å². The van der Waals surface area contributed by atoms with Gasteiger partial charge < -0.3 is 19.3 Å². The maximum absolute atomic E-state index is 5.28. The summed E-state index contributed by atoms with van der Waals surface area (Å²) in [7, 11) is 3.41. The number of fused-ring (bicyclic) bond motifs is 2. The fourth-order valence-electron chi connectivity index (χ4n) is 4.27. The molecule has 0 unspecified atom stereocenters. The van der Waals surface area contributed by atoms with Crippen LogP contribution in [0.4, 0.5) is 11.4 Å². The van der Waals surface area contributed by atoms with Crippen LogP contribution in [0.2, 0.25) is 0 Å². The molecule has 0 saturated carbocycles. The van der Waals surface area contributed by atoms with Gasteiger partial charge in [-0.25, -0.2) is 0 Å². The molecular weight excluding hydrogens is 348 g/mol. The van der Waals surface area contributed by atoms with Crippen LogP contribution in [0.15, 0.2) is 60.7 Å². The van der Waals surface area contributed by atoms with E-state index in [1.54, 1.807) is 14.2 Å². The normalized spacial score (nSPS) is 14.8. The van der Waals surface area contributed by atoms with E-state index >= 15 is 0 Å². The van der Waals surface area contributed by atoms with Gasteiger partial charge in [0, 0.05) is 37.6 Å². The van der Waals surface area contributed by atoms with Crippen LogP contribution >= 0.6 is 0 Å². The third kappa shape index (κ3) is 2.95. The van der Waals surface area contributed by atoms with E-state index in [0.717, 1.165) is 37.7 Å². The van der Waals surface area contributed by atoms with Gasteiger partial charge in [0.15, 0.2) is 0 Å². The predicted molar refractivity (Wildman–Crippen MR) is 112 cm³/mol. The van der Waals surface area contributed by atoms with Crippen molar-refractivity contribution in [3.63, 3.8) is 0 Å². The van der Waals surface area contributed by atoms with Crippen molar-refractivity contribution in [3.8, 4) is 11.5 Å². The number of nitrogens with zero attached hydrogens (tertiary/aromatic N) is 2. The molecule has 142 valence electrons. The minimum atomic E-state index is 0.901. The van der Waals surface area contributed by atoms with Crippen molar-refractivity contribution in [2.75, 3.05) is 24.0 Å². The van der Waals surface area contributed by atoms with Gasteiger partial charge >= 0.3 is 0 Å². The standard InChI is InChI=1S/C24H24N2O2/c1-27-23-7-3-21(4-8-23)25-13-17-11-19-15-26(16-20(19)12-18(17)14-25)22-5-9-24(28-2)10-6-22/h3-12H,13-16H2,1-2H3. The SMILES string of the molecule is COc1ccc(N2Cc3cc4c(cc3C2)CN(c2ccc(OC)cc2)C4)cc1. The second kappa shape index (κ2) is 6.79. The highest BCUT2D eigenvalue weighted by Gasteiger charge is 2.26. The first-order chi connectivity index (χ1) is 13.7. The fraction of sp³-hybridized carbons (Fsp3) is 0.250. The average Bonchev–Trinajstić information content (AvgIpc) is 3.35. The van der Waals surface area contributed by atoms with Crippen molar-refractivity contribution in [2.24, 2.45) is 0 Å². The van der Waals surface area contributed by atoms with Gasteiger partial charge in [-0.1, -0.05) is 12.1 Å². The van der Waals surface area contributed by atoms with Gasteiger partial charge in [-0.3, -0.25) is 0 Å². The summed E-state index contributed by atoms with van der Waals surface area (Å²) in [5, 5.41) is 0. The lowest BCUT2D eigenvalue weighted by molar-refractivity contribution is 0.414. The first-order valence-corrected chi connectivity index (χ1v) is 9.65. The minimum Gasteiger partial charge on any atom is -0.497 e. The van der Waals surface area contributed by atoms with Gasteiger partial charge in [-0.2, -0.15) is 0 Å². The van der Waals surface area contributed by atoms with E-state index in [1.807, 2.05) is 24.3 Å². The molecule has 0 N–H and O–H groups in total. The second-order valence-corrected chi connectivity index (χ2v) is 7.50. The number of methoxy groups -OCH3 is 2. The van der Waals surface area contributed by atoms with Gasteiger partial charge in [0.05, 0.1) is 14.2 Å². The van der Waals surface area contributed by atoms with E-state index < -0.39 is 0 Å². The van der Waals surface area contributed by atoms with Crippen LogP contribution in [-0.4, -0.2) is 14.2 Å². The Morgan fingerprint density at radius 1 is 0.536 bits per heavy atom. The summed E-state index contributed by atoms with van der Waals surface area (Å²) in [6.07, 6.45) is 0. The van der Waals surface area contributed by atoms with Gasteiger partial charge in [-0.05, 0) is 70.8 Å². The summed E-state index contributed by atoms with van der Waals surface area (Å²) in [4.78, 5) is 4.86. The number of hydrogen-bond acceptors (Lipinski definition) is 4. The van der Waals surface area contributed by atoms with Gasteiger partial charge in [0.2, 0.25) is 0 Å². The fourth-order valence-corrected chi connectivity index (χ4v) is 4.27. The third-order valence-electron chi connectivity index (χ3n) is 5.84. The highest BCUT2D eigenvalue weighted by Crippen LogP contribution is 2.35. The molecule has 28 heavy (non-hydrogen) atoms. The van der Waals surface area contributed by atoms with Crippen molar-refractivity contribution >= 4 is 11.4 Å². The molecule has 0 atom stereocenters. The number of anilines is 2. The Morgan fingerprint density at radius 2 is 0.857 bits per heavy atom. The molecule has 3 aromatic rings. The summed E-state index contributed by atoms with van der Waals surface area (Å²) < 4.78 is 10.6. The van der Waals surface area contributed by atoms with Crippen LogP contribution in [0.5, 0.6) is 11.5 Å². The van der Waals surface area contributed by atoms with E-state index in [-0.39, 0.29) is 0 Å². The van der Waals surface area contributed by atoms with Gasteiger partial charge in [0.25, 0.3) is 0 Å². The summed E-state index contributed by atoms with van der Waals surface area (Å²) in [6, 6.07) is 21.5. The number of hydrogen-bond donors (Lipinski definition) is 0. The lowest BCUT2D eigenvalue weighted by Crippen LogP contribution is -2.15. The highest BCUT2D eigenvalue weighted by atomic mass is 16.5. The molecule has 2 aliphatic rings. The van der Waals surface area contributed by atoms with Crippen molar-refractivity contribution < 1.29 is 9.47 Å². The first kappa shape index (κ1) is 17.0. The lowest BCUT2D eigenvalue weighted by atomic mass is 10.0. The summed E-state index contributed by atoms with van der Waals surface area (Å²) in [5.41, 5.74) is 8.30. The zero-order valence-corrected chi connectivity index (χ0v) is 16.3. The Hall–Kier alpha value is -3.14. The zero-order valence-electron chi connectivity index (χ0n) is 16.3. The molecule has 0 radical (unpaired) electrons. The molecule has 2 aliphatic heterocycles. The molecule has 0 aliphatic carbocycles. The Morgan fingerprint density at radius 3 is 1.14 bits per heavy atom. The Bertz CT molecular complexity index is 883. The number of rotatable bonds is 4. The maximum Gasteiger partial charge on any atom is 0.119 e. The van der Waals surface area contributed by atoms with E-state index in [9.17, 15) is 0 Å². The molecule has 0 amide bonds. The second-order valence-electron chi connectivity index (χ2n) is 7.50. The molecule has 0 fully saturated rings. The van der Waals surface area contributed by atoms with Crippen LogP contribution in [0.25, 0.3) is 0 Å². The van der Waals surface area contributed by atoms with Crippen LogP contribution in [0, 0.1) is 0 Å². The topological polar surface area (TPSA) is 24.9 Å². The molecule has 3 aromatic carbocycles. The molecule has 5 rings (SSSR count). The minimum absolute atomic E-state index is 0.901. The predicted octanol–water partition coefficient (Wildman–Crippen LogP) is 4.74. The zero-order chi connectivity index (χ0) is 19.1. The molecule has 2 heterocycles. The Balaban J connectivity index is 1.33. The van der Waals surface area contributed by atoms with Crippen LogP contribution in [0.3, 0.4) is 0 Å². The first-order valence-electron chi connectivity index (χ1n) is 9.65. The van der Waals surface area contributed by atoms with Crippen LogP contribution in [-0.2, 0) is 26.2 Å². The van der Waals surface area contributed by atoms with E-state index in [1.165, 1.54) is 33.6 Å². The molecule has 0 bridgehead atoms. The van der Waals surface area contributed by atoms with Crippen LogP contribution in [0.1, 0.15) is 22.3 Å². The molecule has 0 aromatic heterocycles. The average molecular weight is 372 g/mol. The van der Waals surface area contributed by atoms with Crippen molar-refractivity contribution in [3.05, 3.63) is 82.9 Å². The summed E-state index contributed by atoms with van der Waals surface area (Å²) in [5.74, 6) is 1.80. The number of ether oxygens (including phenoxy) is 2. The molecule has 0 spiro atoms. The van der Waals surface area contributed by atoms with Crippen molar-refractivity contribution in [1.82, 2.24) is 0 Å². The van der Waals surface area contributed by atoms with Crippen LogP contribution < -0.4 is 19.3 Å². The molecule has 0 saturated heterocycles. The van der Waals surface area contributed by atoms with E-state index in [2.05, 4.69) is 46.2 Å². The molecule has 4 nitrogen and oxygen atoms in total. The number of benzene rings is 3. The monoisotopic (exact) mass is 372 g/mol.